The van der Waals surface area contributed by atoms with Crippen LogP contribution in [0.3, 0.4) is 0 Å². The summed E-state index contributed by atoms with van der Waals surface area (Å²) in [5.41, 5.74) is 1.16. The smallest absolute Gasteiger partial charge is 0.343 e. The highest BCUT2D eigenvalue weighted by atomic mass is 32.2. The average Bonchev–Trinajstić information content (AvgIpc) is 2.55. The monoisotopic (exact) mass is 363 g/mol. The molecule has 0 spiro atoms. The topological polar surface area (TPSA) is 81.7 Å². The fraction of sp³-hybridized carbons (Fsp3) is 0.278. The van der Waals surface area contributed by atoms with Crippen LogP contribution in [0.25, 0.3) is 0 Å². The van der Waals surface area contributed by atoms with E-state index in [1.807, 2.05) is 19.1 Å². The molecule has 6 nitrogen and oxygen atoms in total. The van der Waals surface area contributed by atoms with Gasteiger partial charge in [-0.3, -0.25) is 0 Å². The van der Waals surface area contributed by atoms with Crippen molar-refractivity contribution in [2.24, 2.45) is 0 Å². The average molecular weight is 363 g/mol. The molecule has 2 aromatic carbocycles. The fourth-order valence-electron chi connectivity index (χ4n) is 2.16. The van der Waals surface area contributed by atoms with Crippen LogP contribution in [0.2, 0.25) is 0 Å². The number of nitrogens with one attached hydrogen (secondary N) is 1. The van der Waals surface area contributed by atoms with E-state index in [4.69, 9.17) is 9.47 Å². The summed E-state index contributed by atoms with van der Waals surface area (Å²) in [6.07, 6.45) is 0. The van der Waals surface area contributed by atoms with Gasteiger partial charge in [-0.15, -0.1) is 0 Å². The predicted octanol–water partition coefficient (Wildman–Crippen LogP) is 2.91. The molecule has 0 aliphatic heterocycles. The van der Waals surface area contributed by atoms with Crippen LogP contribution >= 0.6 is 0 Å². The third-order valence-corrected chi connectivity index (χ3v) is 4.99. The van der Waals surface area contributed by atoms with Gasteiger partial charge in [0, 0.05) is 6.04 Å². The van der Waals surface area contributed by atoms with Crippen molar-refractivity contribution in [2.75, 3.05) is 7.11 Å². The molecule has 0 aromatic heterocycles. The molecule has 134 valence electrons. The van der Waals surface area contributed by atoms with Gasteiger partial charge in [-0.2, -0.15) is 0 Å². The standard InChI is InChI=1S/C18H21NO5S/c1-12(2)19-25(21,22)17-11-14(7-10-16(17)23-4)18(20)24-15-8-5-13(3)6-9-15/h5-12,19H,1-4H3. The van der Waals surface area contributed by atoms with Gasteiger partial charge >= 0.3 is 5.97 Å². The number of ether oxygens (including phenoxy) is 2. The maximum atomic E-state index is 12.4. The van der Waals surface area contributed by atoms with E-state index in [0.29, 0.717) is 5.75 Å². The van der Waals surface area contributed by atoms with Gasteiger partial charge in [0.25, 0.3) is 0 Å². The second-order valence-electron chi connectivity index (χ2n) is 5.84. The summed E-state index contributed by atoms with van der Waals surface area (Å²) < 4.78 is 37.8. The number of aryl methyl sites for hydroxylation is 1. The van der Waals surface area contributed by atoms with Crippen LogP contribution in [0.5, 0.6) is 11.5 Å². The summed E-state index contributed by atoms with van der Waals surface area (Å²) in [4.78, 5) is 12.2. The lowest BCUT2D eigenvalue weighted by molar-refractivity contribution is 0.0734. The van der Waals surface area contributed by atoms with Crippen molar-refractivity contribution < 1.29 is 22.7 Å². The van der Waals surface area contributed by atoms with Crippen LogP contribution in [0.1, 0.15) is 29.8 Å². The molecule has 7 heteroatoms. The van der Waals surface area contributed by atoms with Gasteiger partial charge in [-0.05, 0) is 51.1 Å². The normalized spacial score (nSPS) is 11.4. The van der Waals surface area contributed by atoms with E-state index < -0.39 is 16.0 Å². The van der Waals surface area contributed by atoms with E-state index in [1.165, 1.54) is 25.3 Å². The summed E-state index contributed by atoms with van der Waals surface area (Å²) in [5, 5.41) is 0. The number of hydrogen-bond donors (Lipinski definition) is 1. The zero-order valence-electron chi connectivity index (χ0n) is 14.6. The van der Waals surface area contributed by atoms with E-state index in [9.17, 15) is 13.2 Å². The van der Waals surface area contributed by atoms with Crippen molar-refractivity contribution in [2.45, 2.75) is 31.7 Å². The highest BCUT2D eigenvalue weighted by Crippen LogP contribution is 2.26. The van der Waals surface area contributed by atoms with Gasteiger partial charge in [0.1, 0.15) is 16.4 Å². The summed E-state index contributed by atoms with van der Waals surface area (Å²) in [7, 11) is -2.45. The van der Waals surface area contributed by atoms with E-state index in [1.54, 1.807) is 26.0 Å². The molecular weight excluding hydrogens is 342 g/mol. The van der Waals surface area contributed by atoms with Gasteiger partial charge in [0.2, 0.25) is 10.0 Å². The Balaban J connectivity index is 2.34. The lowest BCUT2D eigenvalue weighted by atomic mass is 10.2. The molecule has 2 aromatic rings. The van der Waals surface area contributed by atoms with Gasteiger partial charge in [0.05, 0.1) is 12.7 Å². The number of carbonyl (C=O) groups is 1. The molecular formula is C18H21NO5S. The molecule has 0 aliphatic carbocycles. The number of carbonyl (C=O) groups excluding carboxylic acids is 1. The summed E-state index contributed by atoms with van der Waals surface area (Å²) in [5.74, 6) is -0.108. The Morgan fingerprint density at radius 2 is 1.72 bits per heavy atom. The van der Waals surface area contributed by atoms with Crippen molar-refractivity contribution in [3.05, 3.63) is 53.6 Å². The van der Waals surface area contributed by atoms with Crippen molar-refractivity contribution >= 4 is 16.0 Å². The largest absolute Gasteiger partial charge is 0.495 e. The SMILES string of the molecule is COc1ccc(C(=O)Oc2ccc(C)cc2)cc1S(=O)(=O)NC(C)C. The van der Waals surface area contributed by atoms with Crippen molar-refractivity contribution in [3.63, 3.8) is 0 Å². The fourth-order valence-corrected chi connectivity index (χ4v) is 3.61. The lowest BCUT2D eigenvalue weighted by Gasteiger charge is -2.14. The predicted molar refractivity (Wildman–Crippen MR) is 94.6 cm³/mol. The van der Waals surface area contributed by atoms with Crippen LogP contribution in [0.15, 0.2) is 47.4 Å². The third kappa shape index (κ3) is 4.80. The van der Waals surface area contributed by atoms with Crippen molar-refractivity contribution in [3.8, 4) is 11.5 Å². The Morgan fingerprint density at radius 3 is 2.28 bits per heavy atom. The Morgan fingerprint density at radius 1 is 1.08 bits per heavy atom. The highest BCUT2D eigenvalue weighted by molar-refractivity contribution is 7.89. The number of hydrogen-bond acceptors (Lipinski definition) is 5. The molecule has 0 unspecified atom stereocenters. The first-order valence-electron chi connectivity index (χ1n) is 7.72. The van der Waals surface area contributed by atoms with Crippen LogP contribution in [-0.2, 0) is 10.0 Å². The number of rotatable bonds is 6. The first-order valence-corrected chi connectivity index (χ1v) is 9.20. The molecule has 0 heterocycles. The van der Waals surface area contributed by atoms with Crippen LogP contribution < -0.4 is 14.2 Å². The summed E-state index contributed by atoms with van der Waals surface area (Å²) in [6.45, 7) is 5.34. The zero-order valence-corrected chi connectivity index (χ0v) is 15.4. The van der Waals surface area contributed by atoms with Gasteiger partial charge < -0.3 is 9.47 Å². The molecule has 1 N–H and O–H groups in total. The Labute approximate surface area is 147 Å². The Bertz CT molecular complexity index is 858. The van der Waals surface area contributed by atoms with Crippen molar-refractivity contribution in [1.82, 2.24) is 4.72 Å². The maximum absolute atomic E-state index is 12.4. The minimum absolute atomic E-state index is 0.109. The van der Waals surface area contributed by atoms with E-state index in [-0.39, 0.29) is 22.3 Å². The molecule has 0 fully saturated rings. The molecule has 0 atom stereocenters. The Hall–Kier alpha value is -2.38. The van der Waals surface area contributed by atoms with Crippen molar-refractivity contribution in [1.29, 1.82) is 0 Å². The Kier molecular flexibility index (Phi) is 5.81. The number of benzene rings is 2. The number of methoxy groups -OCH3 is 1. The zero-order chi connectivity index (χ0) is 18.6. The number of sulfonamides is 1. The highest BCUT2D eigenvalue weighted by Gasteiger charge is 2.23. The van der Waals surface area contributed by atoms with Gasteiger partial charge in [0.15, 0.2) is 0 Å². The number of esters is 1. The molecule has 0 bridgehead atoms. The molecule has 0 saturated heterocycles. The maximum Gasteiger partial charge on any atom is 0.343 e. The lowest BCUT2D eigenvalue weighted by Crippen LogP contribution is -2.30. The molecule has 2 rings (SSSR count). The molecule has 0 amide bonds. The third-order valence-electron chi connectivity index (χ3n) is 3.31. The van der Waals surface area contributed by atoms with Gasteiger partial charge in [-0.1, -0.05) is 17.7 Å². The minimum Gasteiger partial charge on any atom is -0.495 e. The quantitative estimate of drug-likeness (QED) is 0.630. The first-order chi connectivity index (χ1) is 11.7. The summed E-state index contributed by atoms with van der Waals surface area (Å²) >= 11 is 0. The van der Waals surface area contributed by atoms with Crippen LogP contribution in [0, 0.1) is 6.92 Å². The summed E-state index contributed by atoms with van der Waals surface area (Å²) in [6, 6.07) is 10.8. The van der Waals surface area contributed by atoms with Gasteiger partial charge in [-0.25, -0.2) is 17.9 Å². The van der Waals surface area contributed by atoms with E-state index in [0.717, 1.165) is 5.56 Å². The minimum atomic E-state index is -3.82. The van der Waals surface area contributed by atoms with Crippen LogP contribution in [-0.4, -0.2) is 27.5 Å². The van der Waals surface area contributed by atoms with E-state index in [2.05, 4.69) is 4.72 Å². The van der Waals surface area contributed by atoms with E-state index >= 15 is 0 Å². The molecule has 25 heavy (non-hydrogen) atoms. The molecule has 0 radical (unpaired) electrons. The molecule has 0 saturated carbocycles. The van der Waals surface area contributed by atoms with Crippen LogP contribution in [0.4, 0.5) is 0 Å². The second kappa shape index (κ2) is 7.67. The molecule has 0 aliphatic rings. The second-order valence-corrected chi connectivity index (χ2v) is 7.53. The first kappa shape index (κ1) is 19.0.